The van der Waals surface area contributed by atoms with Crippen molar-refractivity contribution in [1.82, 2.24) is 29.5 Å². The van der Waals surface area contributed by atoms with Crippen molar-refractivity contribution < 1.29 is 8.42 Å². The highest BCUT2D eigenvalue weighted by Crippen LogP contribution is 2.59. The summed E-state index contributed by atoms with van der Waals surface area (Å²) in [5.41, 5.74) is 5.22. The third kappa shape index (κ3) is 4.90. The van der Waals surface area contributed by atoms with E-state index in [1.165, 1.54) is 6.26 Å². The molecule has 0 saturated heterocycles. The zero-order chi connectivity index (χ0) is 25.8. The van der Waals surface area contributed by atoms with Crippen LogP contribution in [0.1, 0.15) is 25.7 Å². The van der Waals surface area contributed by atoms with Crippen molar-refractivity contribution in [3.63, 3.8) is 0 Å². The number of benzene rings is 1. The number of rotatable bonds is 7. The highest BCUT2D eigenvalue weighted by Gasteiger charge is 2.53. The van der Waals surface area contributed by atoms with Gasteiger partial charge in [0.15, 0.2) is 5.82 Å². The monoisotopic (exact) mass is 517 g/mol. The van der Waals surface area contributed by atoms with E-state index in [0.717, 1.165) is 59.3 Å². The minimum absolute atomic E-state index is 0.287. The van der Waals surface area contributed by atoms with Gasteiger partial charge in [-0.2, -0.15) is 10.2 Å². The first-order chi connectivity index (χ1) is 17.6. The van der Waals surface area contributed by atoms with Crippen LogP contribution in [0.15, 0.2) is 55.2 Å². The Labute approximate surface area is 216 Å². The van der Waals surface area contributed by atoms with Crippen molar-refractivity contribution in [2.24, 2.45) is 25.4 Å². The molecule has 10 heteroatoms. The number of hydrogen-bond donors (Lipinski definition) is 1. The van der Waals surface area contributed by atoms with Crippen LogP contribution in [-0.4, -0.2) is 56.0 Å². The first kappa shape index (κ1) is 23.8. The minimum Gasteiger partial charge on any atom is -0.367 e. The van der Waals surface area contributed by atoms with E-state index in [1.807, 2.05) is 57.2 Å². The van der Waals surface area contributed by atoms with Crippen LogP contribution in [0.2, 0.25) is 0 Å². The number of aryl methyl sites for hydroxylation is 2. The van der Waals surface area contributed by atoms with E-state index in [4.69, 9.17) is 9.97 Å². The Balaban J connectivity index is 1.24. The summed E-state index contributed by atoms with van der Waals surface area (Å²) in [6.07, 6.45) is 14.9. The van der Waals surface area contributed by atoms with E-state index in [0.29, 0.717) is 23.5 Å². The third-order valence-corrected chi connectivity index (χ3v) is 8.72. The van der Waals surface area contributed by atoms with Crippen LogP contribution in [0.5, 0.6) is 0 Å². The SMILES string of the molecule is Cn1cc(-c2cccc(-c3ncc(-c4cnn(C)c4)c(NC4CC5(CC(CS(C)(=O)=O)C5)C4)n3)c2)cn1. The number of nitrogens with one attached hydrogen (secondary N) is 1. The maximum atomic E-state index is 11.6. The normalized spacial score (nSPS) is 23.0. The Morgan fingerprint density at radius 3 is 2.27 bits per heavy atom. The van der Waals surface area contributed by atoms with Crippen molar-refractivity contribution in [1.29, 1.82) is 0 Å². The van der Waals surface area contributed by atoms with Crippen LogP contribution in [0.25, 0.3) is 33.6 Å². The van der Waals surface area contributed by atoms with Gasteiger partial charge in [-0.1, -0.05) is 18.2 Å². The second-order valence-corrected chi connectivity index (χ2v) is 13.1. The van der Waals surface area contributed by atoms with Crippen LogP contribution in [0, 0.1) is 11.3 Å². The highest BCUT2D eigenvalue weighted by atomic mass is 32.2. The molecule has 1 aromatic carbocycles. The van der Waals surface area contributed by atoms with E-state index in [9.17, 15) is 8.42 Å². The molecule has 6 rings (SSSR count). The van der Waals surface area contributed by atoms with Gasteiger partial charge in [-0.3, -0.25) is 9.36 Å². The lowest BCUT2D eigenvalue weighted by Gasteiger charge is -2.58. The largest absolute Gasteiger partial charge is 0.367 e. The van der Waals surface area contributed by atoms with E-state index in [1.54, 1.807) is 9.36 Å². The predicted octanol–water partition coefficient (Wildman–Crippen LogP) is 3.96. The fraction of sp³-hybridized carbons (Fsp3) is 0.407. The van der Waals surface area contributed by atoms with Crippen molar-refractivity contribution in [3.8, 4) is 33.6 Å². The molecule has 0 amide bonds. The molecule has 2 fully saturated rings. The van der Waals surface area contributed by atoms with E-state index < -0.39 is 9.84 Å². The van der Waals surface area contributed by atoms with Crippen LogP contribution in [0.4, 0.5) is 5.82 Å². The van der Waals surface area contributed by atoms with Gasteiger partial charge in [-0.15, -0.1) is 0 Å². The molecule has 0 unspecified atom stereocenters. The van der Waals surface area contributed by atoms with Gasteiger partial charge in [0.2, 0.25) is 0 Å². The Kier molecular flexibility index (Phi) is 5.67. The molecule has 1 N–H and O–H groups in total. The Morgan fingerprint density at radius 1 is 0.946 bits per heavy atom. The quantitative estimate of drug-likeness (QED) is 0.395. The minimum atomic E-state index is -2.91. The number of sulfone groups is 1. The van der Waals surface area contributed by atoms with Gasteiger partial charge < -0.3 is 5.32 Å². The van der Waals surface area contributed by atoms with Crippen molar-refractivity contribution in [3.05, 3.63) is 55.2 Å². The van der Waals surface area contributed by atoms with Gasteiger partial charge in [0, 0.05) is 67.2 Å². The molecule has 2 saturated carbocycles. The zero-order valence-electron chi connectivity index (χ0n) is 21.3. The molecule has 3 heterocycles. The molecule has 0 radical (unpaired) electrons. The van der Waals surface area contributed by atoms with Gasteiger partial charge in [0.05, 0.1) is 18.1 Å². The number of nitrogens with zero attached hydrogens (tertiary/aromatic N) is 6. The fourth-order valence-electron chi connectivity index (χ4n) is 6.14. The molecule has 0 aliphatic heterocycles. The Hall–Kier alpha value is -3.53. The van der Waals surface area contributed by atoms with E-state index in [2.05, 4.69) is 27.6 Å². The molecule has 2 aliphatic carbocycles. The number of anilines is 1. The lowest BCUT2D eigenvalue weighted by molar-refractivity contribution is -0.0243. The molecule has 37 heavy (non-hydrogen) atoms. The van der Waals surface area contributed by atoms with Crippen LogP contribution in [0.3, 0.4) is 0 Å². The summed E-state index contributed by atoms with van der Waals surface area (Å²) in [5.74, 6) is 2.08. The molecule has 2 aliphatic rings. The molecule has 3 aromatic heterocycles. The Bertz CT molecular complexity index is 1560. The molecule has 192 valence electrons. The zero-order valence-corrected chi connectivity index (χ0v) is 22.1. The molecular formula is C27H31N7O2S. The van der Waals surface area contributed by atoms with Crippen LogP contribution in [-0.2, 0) is 23.9 Å². The van der Waals surface area contributed by atoms with Gasteiger partial charge in [0.1, 0.15) is 15.7 Å². The van der Waals surface area contributed by atoms with Crippen LogP contribution < -0.4 is 5.32 Å². The van der Waals surface area contributed by atoms with Crippen molar-refractivity contribution >= 4 is 15.7 Å². The van der Waals surface area contributed by atoms with Gasteiger partial charge in [-0.05, 0) is 48.6 Å². The average molecular weight is 518 g/mol. The summed E-state index contributed by atoms with van der Waals surface area (Å²) in [6.45, 7) is 0. The molecule has 0 atom stereocenters. The summed E-state index contributed by atoms with van der Waals surface area (Å²) in [5, 5.41) is 12.3. The summed E-state index contributed by atoms with van der Waals surface area (Å²) in [4.78, 5) is 9.71. The standard InChI is InChI=1S/C27H31N7O2S/c1-33-15-21(12-29-33)19-5-4-6-20(7-19)25-28-14-24(22-13-30-34(2)16-22)26(32-25)31-23-10-27(11-23)8-18(9-27)17-37(3,35)36/h4-7,12-16,18,23H,8-11,17H2,1-3H3,(H,28,31,32). The predicted molar refractivity (Wildman–Crippen MR) is 143 cm³/mol. The molecule has 4 aromatic rings. The van der Waals surface area contributed by atoms with Crippen molar-refractivity contribution in [2.75, 3.05) is 17.3 Å². The summed E-state index contributed by atoms with van der Waals surface area (Å²) in [7, 11) is 0.895. The second kappa shape index (κ2) is 8.79. The fourth-order valence-corrected chi connectivity index (χ4v) is 7.23. The molecule has 1 spiro atoms. The molecule has 0 bridgehead atoms. The van der Waals surface area contributed by atoms with Gasteiger partial charge in [0.25, 0.3) is 0 Å². The van der Waals surface area contributed by atoms with Gasteiger partial charge >= 0.3 is 0 Å². The molecular weight excluding hydrogens is 486 g/mol. The highest BCUT2D eigenvalue weighted by molar-refractivity contribution is 7.90. The maximum absolute atomic E-state index is 11.6. The second-order valence-electron chi connectivity index (χ2n) is 11.0. The topological polar surface area (TPSA) is 108 Å². The summed E-state index contributed by atoms with van der Waals surface area (Å²) in [6, 6.07) is 8.50. The smallest absolute Gasteiger partial charge is 0.161 e. The van der Waals surface area contributed by atoms with E-state index in [-0.39, 0.29) is 5.41 Å². The Morgan fingerprint density at radius 2 is 1.62 bits per heavy atom. The third-order valence-electron chi connectivity index (χ3n) is 7.65. The van der Waals surface area contributed by atoms with Gasteiger partial charge in [-0.25, -0.2) is 18.4 Å². The van der Waals surface area contributed by atoms with Crippen LogP contribution >= 0.6 is 0 Å². The number of aromatic nitrogens is 6. The summed E-state index contributed by atoms with van der Waals surface area (Å²) >= 11 is 0. The van der Waals surface area contributed by atoms with Crippen molar-refractivity contribution in [2.45, 2.75) is 31.7 Å². The maximum Gasteiger partial charge on any atom is 0.161 e. The first-order valence-electron chi connectivity index (χ1n) is 12.5. The average Bonchev–Trinajstić information content (AvgIpc) is 3.43. The lowest BCUT2D eigenvalue weighted by Crippen LogP contribution is -2.53. The number of hydrogen-bond acceptors (Lipinski definition) is 7. The lowest BCUT2D eigenvalue weighted by atomic mass is 9.50. The van der Waals surface area contributed by atoms with E-state index >= 15 is 0 Å². The summed E-state index contributed by atoms with van der Waals surface area (Å²) < 4.78 is 26.9. The first-order valence-corrected chi connectivity index (χ1v) is 14.6. The molecule has 9 nitrogen and oxygen atoms in total.